The summed E-state index contributed by atoms with van der Waals surface area (Å²) in [5.74, 6) is 1.02. The predicted octanol–water partition coefficient (Wildman–Crippen LogP) is 3.78. The molecule has 1 aromatic rings. The van der Waals surface area contributed by atoms with Crippen LogP contribution in [0.1, 0.15) is 39.7 Å². The summed E-state index contributed by atoms with van der Waals surface area (Å²) in [7, 11) is 0. The Morgan fingerprint density at radius 1 is 1.40 bits per heavy atom. The number of hydrogen-bond donors (Lipinski definition) is 1. The molecule has 1 N–H and O–H groups in total. The lowest BCUT2D eigenvalue weighted by Gasteiger charge is -2.28. The fourth-order valence-electron chi connectivity index (χ4n) is 2.24. The van der Waals surface area contributed by atoms with Crippen molar-refractivity contribution in [3.8, 4) is 0 Å². The number of nitrogens with zero attached hydrogens (tertiary/aromatic N) is 2. The molecule has 0 unspecified atom stereocenters. The highest BCUT2D eigenvalue weighted by molar-refractivity contribution is 6.31. The summed E-state index contributed by atoms with van der Waals surface area (Å²) in [5, 5.41) is 4.21. The maximum atomic E-state index is 6.26. The predicted molar refractivity (Wildman–Crippen MR) is 86.4 cm³/mol. The first-order valence-electron chi connectivity index (χ1n) is 7.15. The Labute approximate surface area is 127 Å². The summed E-state index contributed by atoms with van der Waals surface area (Å²) < 4.78 is 0. The average molecular weight is 294 g/mol. The molecule has 110 valence electrons. The normalized spacial score (nSPS) is 16.2. The van der Waals surface area contributed by atoms with Crippen LogP contribution in [-0.2, 0) is 6.54 Å². The number of halogens is 1. The van der Waals surface area contributed by atoms with Gasteiger partial charge in [-0.3, -0.25) is 0 Å². The number of anilines is 1. The molecule has 20 heavy (non-hydrogen) atoms. The number of pyridine rings is 1. The molecule has 0 saturated carbocycles. The topological polar surface area (TPSA) is 28.2 Å². The van der Waals surface area contributed by atoms with Crippen LogP contribution in [0.2, 0.25) is 5.02 Å². The third kappa shape index (κ3) is 4.22. The van der Waals surface area contributed by atoms with Crippen LogP contribution in [0.4, 0.5) is 5.82 Å². The zero-order valence-electron chi connectivity index (χ0n) is 12.8. The van der Waals surface area contributed by atoms with Gasteiger partial charge in [0, 0.05) is 31.4 Å². The van der Waals surface area contributed by atoms with Crippen LogP contribution in [0.3, 0.4) is 0 Å². The summed E-state index contributed by atoms with van der Waals surface area (Å²) in [6.45, 7) is 11.4. The van der Waals surface area contributed by atoms with Gasteiger partial charge in [-0.1, -0.05) is 23.3 Å². The first-order valence-corrected chi connectivity index (χ1v) is 7.53. The minimum atomic E-state index is 0.0806. The van der Waals surface area contributed by atoms with Crippen molar-refractivity contribution in [3.05, 3.63) is 34.5 Å². The molecule has 2 rings (SSSR count). The van der Waals surface area contributed by atoms with Crippen LogP contribution in [0.25, 0.3) is 0 Å². The summed E-state index contributed by atoms with van der Waals surface area (Å²) in [4.78, 5) is 6.79. The van der Waals surface area contributed by atoms with E-state index >= 15 is 0 Å². The SMILES string of the molecule is CC1=CCCN(c2cc(CNC(C)(C)C)c(Cl)cn2)C1. The number of nitrogens with one attached hydrogen (secondary N) is 1. The number of hydrogen-bond acceptors (Lipinski definition) is 3. The van der Waals surface area contributed by atoms with Crippen LogP contribution in [0.15, 0.2) is 23.9 Å². The third-order valence-electron chi connectivity index (χ3n) is 3.39. The van der Waals surface area contributed by atoms with E-state index in [-0.39, 0.29) is 5.54 Å². The molecule has 1 aromatic heterocycles. The molecule has 2 heterocycles. The van der Waals surface area contributed by atoms with E-state index in [4.69, 9.17) is 11.6 Å². The van der Waals surface area contributed by atoms with Gasteiger partial charge in [-0.05, 0) is 45.7 Å². The molecule has 1 aliphatic rings. The summed E-state index contributed by atoms with van der Waals surface area (Å²) in [6.07, 6.45) is 5.16. The molecule has 0 bridgehead atoms. The second kappa shape index (κ2) is 6.15. The summed E-state index contributed by atoms with van der Waals surface area (Å²) >= 11 is 6.26. The first-order chi connectivity index (χ1) is 9.35. The van der Waals surface area contributed by atoms with Gasteiger partial charge in [0.15, 0.2) is 0 Å². The second-order valence-corrected chi connectivity index (χ2v) is 6.91. The smallest absolute Gasteiger partial charge is 0.129 e. The van der Waals surface area contributed by atoms with Gasteiger partial charge in [0.2, 0.25) is 0 Å². The molecule has 0 spiro atoms. The monoisotopic (exact) mass is 293 g/mol. The molecular weight excluding hydrogens is 270 g/mol. The van der Waals surface area contributed by atoms with Crippen molar-refractivity contribution >= 4 is 17.4 Å². The Bertz CT molecular complexity index is 503. The molecule has 0 amide bonds. The summed E-state index contributed by atoms with van der Waals surface area (Å²) in [5.41, 5.74) is 2.60. The fraction of sp³-hybridized carbons (Fsp3) is 0.562. The molecular formula is C16H24ClN3. The molecule has 0 saturated heterocycles. The average Bonchev–Trinajstić information content (AvgIpc) is 2.37. The first kappa shape index (κ1) is 15.3. The van der Waals surface area contributed by atoms with Crippen molar-refractivity contribution < 1.29 is 0 Å². The molecule has 0 atom stereocenters. The van der Waals surface area contributed by atoms with E-state index < -0.39 is 0 Å². The maximum Gasteiger partial charge on any atom is 0.129 e. The number of aromatic nitrogens is 1. The zero-order valence-corrected chi connectivity index (χ0v) is 13.6. The van der Waals surface area contributed by atoms with Crippen molar-refractivity contribution in [3.63, 3.8) is 0 Å². The second-order valence-electron chi connectivity index (χ2n) is 6.50. The van der Waals surface area contributed by atoms with Gasteiger partial charge in [0.25, 0.3) is 0 Å². The van der Waals surface area contributed by atoms with Gasteiger partial charge < -0.3 is 10.2 Å². The lowest BCUT2D eigenvalue weighted by atomic mass is 10.1. The van der Waals surface area contributed by atoms with E-state index in [0.717, 1.165) is 42.5 Å². The molecule has 3 nitrogen and oxygen atoms in total. The maximum absolute atomic E-state index is 6.26. The zero-order chi connectivity index (χ0) is 14.8. The van der Waals surface area contributed by atoms with E-state index in [1.165, 1.54) is 5.57 Å². The Balaban J connectivity index is 2.14. The van der Waals surface area contributed by atoms with Gasteiger partial charge in [0.1, 0.15) is 5.82 Å². The van der Waals surface area contributed by atoms with Crippen molar-refractivity contribution in [2.75, 3.05) is 18.0 Å². The van der Waals surface area contributed by atoms with Gasteiger partial charge in [0.05, 0.1) is 5.02 Å². The van der Waals surface area contributed by atoms with Crippen LogP contribution in [0, 0.1) is 0 Å². The van der Waals surface area contributed by atoms with E-state index in [1.54, 1.807) is 6.20 Å². The lowest BCUT2D eigenvalue weighted by molar-refractivity contribution is 0.424. The largest absolute Gasteiger partial charge is 0.352 e. The number of rotatable bonds is 3. The van der Waals surface area contributed by atoms with E-state index in [1.807, 2.05) is 0 Å². The van der Waals surface area contributed by atoms with E-state index in [9.17, 15) is 0 Å². The van der Waals surface area contributed by atoms with E-state index in [2.05, 4.69) is 55.0 Å². The molecule has 0 fully saturated rings. The van der Waals surface area contributed by atoms with Crippen LogP contribution >= 0.6 is 11.6 Å². The van der Waals surface area contributed by atoms with Crippen LogP contribution in [-0.4, -0.2) is 23.6 Å². The quantitative estimate of drug-likeness (QED) is 0.860. The van der Waals surface area contributed by atoms with Crippen LogP contribution < -0.4 is 10.2 Å². The minimum Gasteiger partial charge on any atom is -0.352 e. The van der Waals surface area contributed by atoms with Gasteiger partial charge in [-0.15, -0.1) is 0 Å². The van der Waals surface area contributed by atoms with Crippen LogP contribution in [0.5, 0.6) is 0 Å². The molecule has 0 radical (unpaired) electrons. The highest BCUT2D eigenvalue weighted by atomic mass is 35.5. The summed E-state index contributed by atoms with van der Waals surface area (Å²) in [6, 6.07) is 2.11. The van der Waals surface area contributed by atoms with Crippen molar-refractivity contribution in [2.45, 2.75) is 46.2 Å². The standard InChI is InChI=1S/C16H24ClN3/c1-12-6-5-7-20(11-12)15-8-13(14(17)10-18-15)9-19-16(2,3)4/h6,8,10,19H,5,7,9,11H2,1-4H3. The Morgan fingerprint density at radius 2 is 2.15 bits per heavy atom. The third-order valence-corrected chi connectivity index (χ3v) is 3.73. The Hall–Kier alpha value is -1.06. The highest BCUT2D eigenvalue weighted by Crippen LogP contribution is 2.23. The van der Waals surface area contributed by atoms with Crippen molar-refractivity contribution in [1.82, 2.24) is 10.3 Å². The molecule has 0 aromatic carbocycles. The fourth-order valence-corrected chi connectivity index (χ4v) is 2.41. The van der Waals surface area contributed by atoms with Gasteiger partial charge in [-0.25, -0.2) is 4.98 Å². The minimum absolute atomic E-state index is 0.0806. The van der Waals surface area contributed by atoms with Crippen molar-refractivity contribution in [2.24, 2.45) is 0 Å². The van der Waals surface area contributed by atoms with Crippen molar-refractivity contribution in [1.29, 1.82) is 0 Å². The van der Waals surface area contributed by atoms with Gasteiger partial charge in [-0.2, -0.15) is 0 Å². The van der Waals surface area contributed by atoms with Gasteiger partial charge >= 0.3 is 0 Å². The Morgan fingerprint density at radius 3 is 2.80 bits per heavy atom. The highest BCUT2D eigenvalue weighted by Gasteiger charge is 2.15. The molecule has 1 aliphatic heterocycles. The molecule has 0 aliphatic carbocycles. The molecule has 4 heteroatoms. The lowest BCUT2D eigenvalue weighted by Crippen LogP contribution is -2.35. The Kier molecular flexibility index (Phi) is 4.71. The van der Waals surface area contributed by atoms with E-state index in [0.29, 0.717) is 0 Å².